The van der Waals surface area contributed by atoms with Gasteiger partial charge in [0.2, 0.25) is 5.91 Å². The molecule has 0 bridgehead atoms. The Balaban J connectivity index is 1.81. The van der Waals surface area contributed by atoms with Crippen LogP contribution in [0.4, 0.5) is 0 Å². The van der Waals surface area contributed by atoms with E-state index in [-0.39, 0.29) is 18.6 Å². The number of hydrogen-bond donors (Lipinski definition) is 2. The summed E-state index contributed by atoms with van der Waals surface area (Å²) >= 11 is 0. The molecule has 1 heterocycles. The van der Waals surface area contributed by atoms with Gasteiger partial charge in [0.05, 0.1) is 25.9 Å². The highest BCUT2D eigenvalue weighted by Crippen LogP contribution is 2.42. The first-order valence-electron chi connectivity index (χ1n) is 9.77. The number of benzene rings is 2. The summed E-state index contributed by atoms with van der Waals surface area (Å²) in [6.45, 7) is 2.35. The fourth-order valence-corrected chi connectivity index (χ4v) is 4.26. The smallest absolute Gasteiger partial charge is 0.223 e. The van der Waals surface area contributed by atoms with Crippen molar-refractivity contribution >= 4 is 5.91 Å². The third-order valence-electron chi connectivity index (χ3n) is 5.93. The molecule has 1 aliphatic heterocycles. The first-order valence-corrected chi connectivity index (χ1v) is 9.77. The van der Waals surface area contributed by atoms with Gasteiger partial charge < -0.3 is 19.8 Å². The van der Waals surface area contributed by atoms with Crippen molar-refractivity contribution in [2.45, 2.75) is 43.7 Å². The van der Waals surface area contributed by atoms with Crippen LogP contribution >= 0.6 is 0 Å². The maximum absolute atomic E-state index is 13.1. The van der Waals surface area contributed by atoms with E-state index in [9.17, 15) is 15.0 Å². The second-order valence-corrected chi connectivity index (χ2v) is 7.65. The molecule has 0 aromatic heterocycles. The van der Waals surface area contributed by atoms with Gasteiger partial charge in [-0.1, -0.05) is 42.5 Å². The molecule has 2 aromatic rings. The predicted octanol–water partition coefficient (Wildman–Crippen LogP) is 3.06. The second-order valence-electron chi connectivity index (χ2n) is 7.65. The molecule has 0 aliphatic carbocycles. The summed E-state index contributed by atoms with van der Waals surface area (Å²) in [5.41, 5.74) is 1.67. The summed E-state index contributed by atoms with van der Waals surface area (Å²) in [6, 6.07) is 17.7. The fourth-order valence-electron chi connectivity index (χ4n) is 4.26. The maximum atomic E-state index is 13.1. The molecule has 2 aromatic carbocycles. The van der Waals surface area contributed by atoms with E-state index in [2.05, 4.69) is 0 Å². The number of likely N-dealkylation sites (tertiary alicyclic amines) is 1. The Bertz CT molecular complexity index is 777. The van der Waals surface area contributed by atoms with E-state index in [0.717, 1.165) is 23.3 Å². The van der Waals surface area contributed by atoms with E-state index in [1.165, 1.54) is 0 Å². The highest BCUT2D eigenvalue weighted by Gasteiger charge is 2.42. The lowest BCUT2D eigenvalue weighted by Gasteiger charge is -2.44. The van der Waals surface area contributed by atoms with E-state index in [1.54, 1.807) is 7.11 Å². The number of ether oxygens (including phenoxy) is 1. The Morgan fingerprint density at radius 3 is 2.39 bits per heavy atom. The molecule has 5 heteroatoms. The number of aliphatic hydroxyl groups excluding tert-OH is 2. The zero-order valence-electron chi connectivity index (χ0n) is 16.5. The zero-order valence-corrected chi connectivity index (χ0v) is 16.5. The fraction of sp³-hybridized carbons (Fsp3) is 0.435. The third kappa shape index (κ3) is 4.21. The number of carbonyl (C=O) groups excluding carboxylic acids is 1. The molecule has 1 amide bonds. The Hall–Kier alpha value is -2.37. The van der Waals surface area contributed by atoms with Gasteiger partial charge in [-0.05, 0) is 43.0 Å². The minimum atomic E-state index is -0.835. The number of nitrogens with zero attached hydrogens (tertiary/aromatic N) is 1. The Morgan fingerprint density at radius 1 is 1.14 bits per heavy atom. The van der Waals surface area contributed by atoms with Crippen LogP contribution in [-0.4, -0.2) is 47.4 Å². The van der Waals surface area contributed by atoms with Gasteiger partial charge in [0.25, 0.3) is 0 Å². The molecule has 28 heavy (non-hydrogen) atoms. The summed E-state index contributed by atoms with van der Waals surface area (Å²) in [4.78, 5) is 15.1. The van der Waals surface area contributed by atoms with Crippen LogP contribution in [0.2, 0.25) is 0 Å². The summed E-state index contributed by atoms with van der Waals surface area (Å²) in [5, 5.41) is 19.5. The van der Waals surface area contributed by atoms with Crippen molar-refractivity contribution in [3.8, 4) is 5.75 Å². The molecule has 2 N–H and O–H groups in total. The van der Waals surface area contributed by atoms with Gasteiger partial charge in [-0.15, -0.1) is 0 Å². The third-order valence-corrected chi connectivity index (χ3v) is 5.93. The molecule has 0 unspecified atom stereocenters. The van der Waals surface area contributed by atoms with Crippen molar-refractivity contribution in [1.29, 1.82) is 0 Å². The van der Waals surface area contributed by atoms with E-state index in [4.69, 9.17) is 4.74 Å². The van der Waals surface area contributed by atoms with Crippen molar-refractivity contribution in [2.75, 3.05) is 20.3 Å². The molecule has 1 saturated heterocycles. The highest BCUT2D eigenvalue weighted by molar-refractivity contribution is 5.79. The van der Waals surface area contributed by atoms with Gasteiger partial charge in [0, 0.05) is 18.4 Å². The molecular formula is C23H29NO4. The summed E-state index contributed by atoms with van der Waals surface area (Å²) in [6.07, 6.45) is 0.623. The number of hydrogen-bond acceptors (Lipinski definition) is 4. The monoisotopic (exact) mass is 383 g/mol. The Kier molecular flexibility index (Phi) is 6.37. The molecular weight excluding hydrogens is 354 g/mol. The molecule has 1 aliphatic rings. The summed E-state index contributed by atoms with van der Waals surface area (Å²) < 4.78 is 5.21. The molecule has 3 atom stereocenters. The number of carbonyl (C=O) groups is 1. The van der Waals surface area contributed by atoms with Crippen LogP contribution in [0, 0.1) is 0 Å². The average Bonchev–Trinajstić information content (AvgIpc) is 2.74. The SMILES string of the molecule is COc1ccc([C@@H](C)N2CC[C@@](C[C@H](O)CO)(c3ccccc3)CC2=O)cc1. The molecule has 0 saturated carbocycles. The van der Waals surface area contributed by atoms with Gasteiger partial charge >= 0.3 is 0 Å². The second kappa shape index (κ2) is 8.76. The number of aliphatic hydroxyl groups is 2. The largest absolute Gasteiger partial charge is 0.497 e. The highest BCUT2D eigenvalue weighted by atomic mass is 16.5. The van der Waals surface area contributed by atoms with E-state index >= 15 is 0 Å². The average molecular weight is 383 g/mol. The van der Waals surface area contributed by atoms with Crippen LogP contribution < -0.4 is 4.74 Å². The number of methoxy groups -OCH3 is 1. The van der Waals surface area contributed by atoms with Crippen molar-refractivity contribution in [1.82, 2.24) is 4.90 Å². The lowest BCUT2D eigenvalue weighted by molar-refractivity contribution is -0.139. The number of rotatable bonds is 7. The van der Waals surface area contributed by atoms with Gasteiger partial charge in [-0.3, -0.25) is 4.79 Å². The van der Waals surface area contributed by atoms with Crippen LogP contribution in [0.15, 0.2) is 54.6 Å². The lowest BCUT2D eigenvalue weighted by atomic mass is 9.68. The van der Waals surface area contributed by atoms with Crippen LogP contribution in [0.25, 0.3) is 0 Å². The van der Waals surface area contributed by atoms with Gasteiger partial charge in [0.15, 0.2) is 0 Å². The van der Waals surface area contributed by atoms with Crippen molar-refractivity contribution < 1.29 is 19.7 Å². The minimum Gasteiger partial charge on any atom is -0.497 e. The number of amides is 1. The first-order chi connectivity index (χ1) is 13.5. The quantitative estimate of drug-likeness (QED) is 0.771. The molecule has 1 fully saturated rings. The van der Waals surface area contributed by atoms with Gasteiger partial charge in [-0.25, -0.2) is 0 Å². The Labute approximate surface area is 166 Å². The van der Waals surface area contributed by atoms with Gasteiger partial charge in [0.1, 0.15) is 5.75 Å². The molecule has 150 valence electrons. The normalized spacial score (nSPS) is 22.0. The first kappa shape index (κ1) is 20.4. The van der Waals surface area contributed by atoms with Gasteiger partial charge in [-0.2, -0.15) is 0 Å². The zero-order chi connectivity index (χ0) is 20.1. The lowest BCUT2D eigenvalue weighted by Crippen LogP contribution is -2.48. The topological polar surface area (TPSA) is 70.0 Å². The number of piperidine rings is 1. The minimum absolute atomic E-state index is 0.0325. The molecule has 5 nitrogen and oxygen atoms in total. The molecule has 0 radical (unpaired) electrons. The van der Waals surface area contributed by atoms with E-state index in [0.29, 0.717) is 19.4 Å². The van der Waals surface area contributed by atoms with Crippen LogP contribution in [0.5, 0.6) is 5.75 Å². The standard InChI is InChI=1S/C23H29NO4/c1-17(18-8-10-21(28-2)11-9-18)24-13-12-23(15-22(24)27,14-20(26)16-25)19-6-4-3-5-7-19/h3-11,17,20,25-26H,12-16H2,1-2H3/t17-,20+,23+/m1/s1. The van der Waals surface area contributed by atoms with E-state index in [1.807, 2.05) is 66.4 Å². The Morgan fingerprint density at radius 2 is 1.82 bits per heavy atom. The van der Waals surface area contributed by atoms with Crippen molar-refractivity contribution in [3.63, 3.8) is 0 Å². The molecule has 3 rings (SSSR count). The predicted molar refractivity (Wildman–Crippen MR) is 108 cm³/mol. The van der Waals surface area contributed by atoms with Crippen LogP contribution in [0.1, 0.15) is 43.4 Å². The van der Waals surface area contributed by atoms with E-state index < -0.39 is 11.5 Å². The van der Waals surface area contributed by atoms with Crippen molar-refractivity contribution in [2.24, 2.45) is 0 Å². The van der Waals surface area contributed by atoms with Crippen LogP contribution in [0.3, 0.4) is 0 Å². The van der Waals surface area contributed by atoms with Crippen molar-refractivity contribution in [3.05, 3.63) is 65.7 Å². The summed E-state index contributed by atoms with van der Waals surface area (Å²) in [5.74, 6) is 0.866. The summed E-state index contributed by atoms with van der Waals surface area (Å²) in [7, 11) is 1.64. The van der Waals surface area contributed by atoms with Crippen LogP contribution in [-0.2, 0) is 10.2 Å². The maximum Gasteiger partial charge on any atom is 0.223 e. The molecule has 0 spiro atoms.